The summed E-state index contributed by atoms with van der Waals surface area (Å²) in [6.07, 6.45) is 2.00. The minimum atomic E-state index is 1.04. The van der Waals surface area contributed by atoms with Crippen molar-refractivity contribution < 1.29 is 0 Å². The van der Waals surface area contributed by atoms with Crippen molar-refractivity contribution in [2.75, 3.05) is 0 Å². The number of hydrogen-bond donors (Lipinski definition) is 0. The molecule has 0 bridgehead atoms. The summed E-state index contributed by atoms with van der Waals surface area (Å²) in [5.74, 6) is 0. The molecule has 0 aliphatic heterocycles. The molecule has 0 fully saturated rings. The van der Waals surface area contributed by atoms with Crippen LogP contribution in [0.4, 0.5) is 0 Å². The van der Waals surface area contributed by atoms with Crippen molar-refractivity contribution in [3.05, 3.63) is 78.5 Å². The Kier molecular flexibility index (Phi) is 2.71. The highest BCUT2D eigenvalue weighted by atomic mass is 14.7. The number of rotatable bonds is 1. The van der Waals surface area contributed by atoms with Crippen molar-refractivity contribution in [1.82, 2.24) is 4.98 Å². The highest BCUT2D eigenvalue weighted by molar-refractivity contribution is 6.07. The van der Waals surface area contributed by atoms with Crippen molar-refractivity contribution in [2.45, 2.75) is 6.92 Å². The van der Waals surface area contributed by atoms with Crippen molar-refractivity contribution in [1.29, 1.82) is 0 Å². The fourth-order valence-electron chi connectivity index (χ4n) is 2.91. The second-order valence-corrected chi connectivity index (χ2v) is 5.39. The monoisotopic (exact) mass is 269 g/mol. The molecule has 0 aliphatic carbocycles. The van der Waals surface area contributed by atoms with E-state index in [0.717, 1.165) is 5.69 Å². The number of aryl methyl sites for hydroxylation is 1. The Labute approximate surface area is 123 Å². The zero-order valence-corrected chi connectivity index (χ0v) is 11.9. The van der Waals surface area contributed by atoms with Gasteiger partial charge >= 0.3 is 0 Å². The van der Waals surface area contributed by atoms with Gasteiger partial charge in [0, 0.05) is 17.1 Å². The Morgan fingerprint density at radius 2 is 1.48 bits per heavy atom. The van der Waals surface area contributed by atoms with Gasteiger partial charge in [-0.3, -0.25) is 4.98 Å². The van der Waals surface area contributed by atoms with E-state index in [0.29, 0.717) is 0 Å². The predicted molar refractivity (Wildman–Crippen MR) is 89.4 cm³/mol. The first-order chi connectivity index (χ1) is 10.3. The third kappa shape index (κ3) is 1.98. The lowest BCUT2D eigenvalue weighted by molar-refractivity contribution is 1.33. The fourth-order valence-corrected chi connectivity index (χ4v) is 2.91. The maximum Gasteiger partial charge on any atom is 0.0711 e. The molecular formula is C20H15N. The minimum Gasteiger partial charge on any atom is -0.256 e. The Bertz CT molecular complexity index is 954. The Balaban J connectivity index is 1.99. The number of hydrogen-bond acceptors (Lipinski definition) is 1. The van der Waals surface area contributed by atoms with Crippen LogP contribution in [-0.4, -0.2) is 4.98 Å². The summed E-state index contributed by atoms with van der Waals surface area (Å²) in [4.78, 5) is 4.69. The van der Waals surface area contributed by atoms with Crippen LogP contribution in [0.5, 0.6) is 0 Å². The van der Waals surface area contributed by atoms with Crippen LogP contribution >= 0.6 is 0 Å². The van der Waals surface area contributed by atoms with Gasteiger partial charge in [0.05, 0.1) is 5.69 Å². The second-order valence-electron chi connectivity index (χ2n) is 5.39. The molecule has 100 valence electrons. The summed E-state index contributed by atoms with van der Waals surface area (Å²) >= 11 is 0. The lowest BCUT2D eigenvalue weighted by atomic mass is 10.0. The fraction of sp³-hybridized carbons (Fsp3) is 0.0500. The molecule has 4 aromatic rings. The van der Waals surface area contributed by atoms with Crippen molar-refractivity contribution >= 4 is 21.5 Å². The maximum absolute atomic E-state index is 4.69. The van der Waals surface area contributed by atoms with Gasteiger partial charge < -0.3 is 0 Å². The van der Waals surface area contributed by atoms with E-state index < -0.39 is 0 Å². The molecule has 0 radical (unpaired) electrons. The zero-order chi connectivity index (χ0) is 14.2. The lowest BCUT2D eigenvalue weighted by Crippen LogP contribution is -1.87. The molecule has 1 nitrogen and oxygen atoms in total. The van der Waals surface area contributed by atoms with Crippen LogP contribution in [0.25, 0.3) is 32.8 Å². The molecule has 0 amide bonds. The third-order valence-electron chi connectivity index (χ3n) is 4.05. The van der Waals surface area contributed by atoms with Crippen LogP contribution in [0.1, 0.15) is 5.56 Å². The van der Waals surface area contributed by atoms with E-state index >= 15 is 0 Å². The topological polar surface area (TPSA) is 12.9 Å². The molecule has 0 unspecified atom stereocenters. The van der Waals surface area contributed by atoms with Gasteiger partial charge in [-0.15, -0.1) is 0 Å². The van der Waals surface area contributed by atoms with E-state index in [4.69, 9.17) is 0 Å². The molecule has 0 atom stereocenters. The normalized spacial score (nSPS) is 11.1. The summed E-state index contributed by atoms with van der Waals surface area (Å²) in [6.45, 7) is 2.13. The highest BCUT2D eigenvalue weighted by Crippen LogP contribution is 2.28. The minimum absolute atomic E-state index is 1.04. The van der Waals surface area contributed by atoms with Gasteiger partial charge in [-0.1, -0.05) is 60.7 Å². The molecule has 0 aliphatic rings. The number of nitrogens with zero attached hydrogens (tertiary/aromatic N) is 1. The zero-order valence-electron chi connectivity index (χ0n) is 11.9. The van der Waals surface area contributed by atoms with E-state index in [1.807, 2.05) is 6.20 Å². The van der Waals surface area contributed by atoms with E-state index in [1.54, 1.807) is 0 Å². The van der Waals surface area contributed by atoms with Crippen molar-refractivity contribution in [3.63, 3.8) is 0 Å². The number of aromatic nitrogens is 1. The van der Waals surface area contributed by atoms with Crippen LogP contribution in [0.2, 0.25) is 0 Å². The third-order valence-corrected chi connectivity index (χ3v) is 4.05. The molecule has 3 aromatic carbocycles. The van der Waals surface area contributed by atoms with E-state index in [1.165, 1.54) is 32.7 Å². The summed E-state index contributed by atoms with van der Waals surface area (Å²) in [5.41, 5.74) is 3.49. The molecule has 0 saturated carbocycles. The van der Waals surface area contributed by atoms with Gasteiger partial charge in [0.1, 0.15) is 0 Å². The highest BCUT2D eigenvalue weighted by Gasteiger charge is 2.05. The van der Waals surface area contributed by atoms with Gasteiger partial charge in [0.25, 0.3) is 0 Å². The Hall–Kier alpha value is -2.67. The first kappa shape index (κ1) is 12.1. The van der Waals surface area contributed by atoms with Crippen LogP contribution in [0.3, 0.4) is 0 Å². The maximum atomic E-state index is 4.69. The molecule has 1 aromatic heterocycles. The van der Waals surface area contributed by atoms with Crippen LogP contribution in [0.15, 0.2) is 72.9 Å². The van der Waals surface area contributed by atoms with Gasteiger partial charge in [-0.05, 0) is 34.7 Å². The Morgan fingerprint density at radius 3 is 2.38 bits per heavy atom. The average Bonchev–Trinajstić information content (AvgIpc) is 2.54. The predicted octanol–water partition coefficient (Wildman–Crippen LogP) is 5.36. The van der Waals surface area contributed by atoms with Crippen LogP contribution < -0.4 is 0 Å². The van der Waals surface area contributed by atoms with Crippen molar-refractivity contribution in [3.8, 4) is 11.3 Å². The van der Waals surface area contributed by atoms with Crippen molar-refractivity contribution in [2.24, 2.45) is 0 Å². The average molecular weight is 269 g/mol. The largest absolute Gasteiger partial charge is 0.256 e. The standard InChI is InChI=1S/C20H15N/c1-14-6-2-4-8-17(14)20-12-16-11-10-15-7-3-5-9-18(15)19(16)13-21-20/h2-13H,1H3. The van der Waals surface area contributed by atoms with E-state index in [9.17, 15) is 0 Å². The summed E-state index contributed by atoms with van der Waals surface area (Å²) in [6, 6.07) is 23.4. The lowest BCUT2D eigenvalue weighted by Gasteiger charge is -2.08. The first-order valence-electron chi connectivity index (χ1n) is 7.16. The SMILES string of the molecule is Cc1ccccc1-c1cc2ccc3ccccc3c2cn1. The first-order valence-corrected chi connectivity index (χ1v) is 7.16. The second kappa shape index (κ2) is 4.71. The molecule has 21 heavy (non-hydrogen) atoms. The molecule has 4 rings (SSSR count). The molecular weight excluding hydrogens is 254 g/mol. The van der Waals surface area contributed by atoms with Gasteiger partial charge in [-0.25, -0.2) is 0 Å². The Morgan fingerprint density at radius 1 is 0.714 bits per heavy atom. The number of fused-ring (bicyclic) bond motifs is 3. The quantitative estimate of drug-likeness (QED) is 0.424. The molecule has 1 heteroatoms. The van der Waals surface area contributed by atoms with E-state index in [2.05, 4.69) is 78.6 Å². The molecule has 0 N–H and O–H groups in total. The smallest absolute Gasteiger partial charge is 0.0711 e. The van der Waals surface area contributed by atoms with Gasteiger partial charge in [0.2, 0.25) is 0 Å². The summed E-state index contributed by atoms with van der Waals surface area (Å²) in [5, 5.41) is 4.97. The van der Waals surface area contributed by atoms with Gasteiger partial charge in [0.15, 0.2) is 0 Å². The molecule has 1 heterocycles. The van der Waals surface area contributed by atoms with Gasteiger partial charge in [-0.2, -0.15) is 0 Å². The molecule has 0 saturated heterocycles. The summed E-state index contributed by atoms with van der Waals surface area (Å²) in [7, 11) is 0. The van der Waals surface area contributed by atoms with Crippen LogP contribution in [0, 0.1) is 6.92 Å². The number of pyridine rings is 1. The number of benzene rings is 3. The van der Waals surface area contributed by atoms with Crippen LogP contribution in [-0.2, 0) is 0 Å². The summed E-state index contributed by atoms with van der Waals surface area (Å²) < 4.78 is 0. The molecule has 0 spiro atoms. The van der Waals surface area contributed by atoms with E-state index in [-0.39, 0.29) is 0 Å².